The fraction of sp³-hybridized carbons (Fsp3) is 0.425. The number of carbonyl (C=O) groups excluding carboxylic acids is 5. The molecule has 0 spiro atoms. The third-order valence-electron chi connectivity index (χ3n) is 9.01. The van der Waals surface area contributed by atoms with Crippen molar-refractivity contribution in [2.24, 2.45) is 5.92 Å². The van der Waals surface area contributed by atoms with Crippen molar-refractivity contribution in [2.45, 2.75) is 89.2 Å². The molecule has 10 nitrogen and oxygen atoms in total. The fourth-order valence-electron chi connectivity index (χ4n) is 6.04. The first-order valence-electron chi connectivity index (χ1n) is 17.1. The molecule has 3 N–H and O–H groups in total. The quantitative estimate of drug-likeness (QED) is 0.172. The van der Waals surface area contributed by atoms with Gasteiger partial charge >= 0.3 is 11.9 Å². The van der Waals surface area contributed by atoms with Crippen LogP contribution < -0.4 is 16.0 Å². The van der Waals surface area contributed by atoms with Crippen LogP contribution in [0.1, 0.15) is 97.3 Å². The second-order valence-corrected chi connectivity index (χ2v) is 15.7. The molecule has 11 heteroatoms. The van der Waals surface area contributed by atoms with Gasteiger partial charge in [0.2, 0.25) is 11.8 Å². The van der Waals surface area contributed by atoms with Crippen LogP contribution in [0.15, 0.2) is 72.8 Å². The maximum Gasteiger partial charge on any atom is 0.337 e. The SMILES string of the molecule is COC(=O)c1ccc(C(=O)Nc2ccc(CC(NC(=O)[C@@H](CC(=O)OC(C)(C)C)C(C)(C)SC)C(=O)NC3CCCc4ccccc43)cc2)cc1. The summed E-state index contributed by atoms with van der Waals surface area (Å²) in [7, 11) is 1.29. The number of nitrogens with one attached hydrogen (secondary N) is 3. The standard InChI is InChI=1S/C40H49N3O7S/c1-39(2,3)50-34(44)24-31(40(4,5)51-7)36(46)43-33(37(47)42-32-14-10-12-26-11-8-9-13-30(26)32)23-25-15-21-29(22-16-25)41-35(45)27-17-19-28(20-18-27)38(48)49-6/h8-9,11,13,15-22,31-33H,10,12,14,23-24H2,1-7H3,(H,41,45)(H,42,47)(H,43,46)/t31-,32?,33?/m1/s1. The van der Waals surface area contributed by atoms with Crippen molar-refractivity contribution in [1.29, 1.82) is 0 Å². The molecule has 1 aliphatic rings. The molecule has 0 heterocycles. The number of ether oxygens (including phenoxy) is 2. The van der Waals surface area contributed by atoms with Crippen LogP contribution in [0.25, 0.3) is 0 Å². The number of methoxy groups -OCH3 is 1. The van der Waals surface area contributed by atoms with Crippen LogP contribution in [0.3, 0.4) is 0 Å². The van der Waals surface area contributed by atoms with Gasteiger partial charge in [0.05, 0.1) is 31.1 Å². The number of hydrogen-bond acceptors (Lipinski definition) is 8. The Morgan fingerprint density at radius 2 is 1.51 bits per heavy atom. The van der Waals surface area contributed by atoms with Crippen molar-refractivity contribution in [3.63, 3.8) is 0 Å². The minimum absolute atomic E-state index is 0.138. The number of aryl methyl sites for hydroxylation is 1. The summed E-state index contributed by atoms with van der Waals surface area (Å²) in [5.41, 5.74) is 3.56. The Bertz CT molecular complexity index is 1710. The van der Waals surface area contributed by atoms with Crippen molar-refractivity contribution in [2.75, 3.05) is 18.7 Å². The minimum atomic E-state index is -0.945. The second kappa shape index (κ2) is 17.0. The largest absolute Gasteiger partial charge is 0.465 e. The highest BCUT2D eigenvalue weighted by Gasteiger charge is 2.39. The predicted octanol–water partition coefficient (Wildman–Crippen LogP) is 6.44. The Labute approximate surface area is 304 Å². The number of fused-ring (bicyclic) bond motifs is 1. The summed E-state index contributed by atoms with van der Waals surface area (Å²) in [6, 6.07) is 20.1. The van der Waals surface area contributed by atoms with E-state index in [-0.39, 0.29) is 30.7 Å². The lowest BCUT2D eigenvalue weighted by Gasteiger charge is -2.34. The number of thioether (sulfide) groups is 1. The molecule has 0 aliphatic heterocycles. The van der Waals surface area contributed by atoms with E-state index in [4.69, 9.17) is 9.47 Å². The summed E-state index contributed by atoms with van der Waals surface area (Å²) in [6.45, 7) is 9.15. The maximum absolute atomic E-state index is 14.1. The number of rotatable bonds is 13. The maximum atomic E-state index is 14.1. The van der Waals surface area contributed by atoms with Crippen LogP contribution >= 0.6 is 11.8 Å². The van der Waals surface area contributed by atoms with E-state index in [1.54, 1.807) is 57.2 Å². The third-order valence-corrected chi connectivity index (χ3v) is 10.3. The molecule has 3 amide bonds. The highest BCUT2D eigenvalue weighted by molar-refractivity contribution is 8.00. The van der Waals surface area contributed by atoms with Crippen LogP contribution in [0, 0.1) is 5.92 Å². The van der Waals surface area contributed by atoms with Gasteiger partial charge in [-0.1, -0.05) is 36.4 Å². The lowest BCUT2D eigenvalue weighted by Crippen LogP contribution is -2.53. The van der Waals surface area contributed by atoms with E-state index in [1.165, 1.54) is 36.6 Å². The monoisotopic (exact) mass is 715 g/mol. The smallest absolute Gasteiger partial charge is 0.337 e. The number of anilines is 1. The molecular formula is C40H49N3O7S. The summed E-state index contributed by atoms with van der Waals surface area (Å²) in [4.78, 5) is 65.7. The van der Waals surface area contributed by atoms with Crippen molar-refractivity contribution in [3.05, 3.63) is 101 Å². The lowest BCUT2D eigenvalue weighted by atomic mass is 9.87. The molecule has 0 fully saturated rings. The van der Waals surface area contributed by atoms with E-state index in [9.17, 15) is 24.0 Å². The average molecular weight is 716 g/mol. The number of benzene rings is 3. The molecule has 0 bridgehead atoms. The fourth-order valence-corrected chi connectivity index (χ4v) is 6.52. The first-order chi connectivity index (χ1) is 24.1. The van der Waals surface area contributed by atoms with E-state index in [2.05, 4.69) is 22.0 Å². The van der Waals surface area contributed by atoms with Gasteiger partial charge in [-0.3, -0.25) is 19.2 Å². The van der Waals surface area contributed by atoms with E-state index < -0.39 is 40.2 Å². The number of hydrogen-bond donors (Lipinski definition) is 3. The zero-order valence-corrected chi connectivity index (χ0v) is 31.3. The lowest BCUT2D eigenvalue weighted by molar-refractivity contribution is -0.157. The second-order valence-electron chi connectivity index (χ2n) is 14.3. The topological polar surface area (TPSA) is 140 Å². The van der Waals surface area contributed by atoms with E-state index in [0.717, 1.165) is 30.4 Å². The molecule has 0 aromatic heterocycles. The summed E-state index contributed by atoms with van der Waals surface area (Å²) < 4.78 is 9.65. The molecule has 0 radical (unpaired) electrons. The average Bonchev–Trinajstić information content (AvgIpc) is 3.10. The van der Waals surface area contributed by atoms with Crippen LogP contribution in [-0.2, 0) is 36.7 Å². The molecule has 4 rings (SSSR count). The van der Waals surface area contributed by atoms with Crippen LogP contribution in [-0.4, -0.2) is 59.4 Å². The van der Waals surface area contributed by atoms with Crippen LogP contribution in [0.5, 0.6) is 0 Å². The van der Waals surface area contributed by atoms with E-state index >= 15 is 0 Å². The van der Waals surface area contributed by atoms with Gasteiger partial charge in [-0.2, -0.15) is 11.8 Å². The number of carbonyl (C=O) groups is 5. The molecule has 1 aliphatic carbocycles. The first kappa shape index (κ1) is 39.2. The van der Waals surface area contributed by atoms with Gasteiger partial charge in [-0.25, -0.2) is 4.79 Å². The molecule has 3 atom stereocenters. The van der Waals surface area contributed by atoms with Gasteiger partial charge in [0, 0.05) is 22.4 Å². The Hall–Kier alpha value is -4.64. The predicted molar refractivity (Wildman–Crippen MR) is 200 cm³/mol. The zero-order valence-electron chi connectivity index (χ0n) is 30.5. The molecule has 2 unspecified atom stereocenters. The molecular weight excluding hydrogens is 667 g/mol. The van der Waals surface area contributed by atoms with Crippen molar-refractivity contribution < 1.29 is 33.4 Å². The van der Waals surface area contributed by atoms with Crippen molar-refractivity contribution in [1.82, 2.24) is 10.6 Å². The van der Waals surface area contributed by atoms with Crippen LogP contribution in [0.4, 0.5) is 5.69 Å². The van der Waals surface area contributed by atoms with Gasteiger partial charge in [-0.15, -0.1) is 0 Å². The third kappa shape index (κ3) is 10.9. The molecule has 0 saturated heterocycles. The number of amides is 3. The first-order valence-corrected chi connectivity index (χ1v) is 18.4. The van der Waals surface area contributed by atoms with Crippen molar-refractivity contribution in [3.8, 4) is 0 Å². The van der Waals surface area contributed by atoms with Gasteiger partial charge in [-0.05, 0) is 113 Å². The highest BCUT2D eigenvalue weighted by atomic mass is 32.2. The Balaban J connectivity index is 1.54. The molecule has 3 aromatic carbocycles. The Kier molecular flexibility index (Phi) is 13.1. The van der Waals surface area contributed by atoms with E-state index in [1.807, 2.05) is 38.3 Å². The summed E-state index contributed by atoms with van der Waals surface area (Å²) in [5, 5.41) is 9.04. The zero-order chi connectivity index (χ0) is 37.3. The van der Waals surface area contributed by atoms with Gasteiger partial charge in [0.1, 0.15) is 11.6 Å². The normalized spacial score (nSPS) is 15.4. The summed E-state index contributed by atoms with van der Waals surface area (Å²) in [5.74, 6) is -2.84. The highest BCUT2D eigenvalue weighted by Crippen LogP contribution is 2.34. The van der Waals surface area contributed by atoms with Gasteiger partial charge in [0.15, 0.2) is 0 Å². The number of esters is 2. The summed E-state index contributed by atoms with van der Waals surface area (Å²) in [6.07, 6.45) is 4.58. The Morgan fingerprint density at radius 3 is 2.14 bits per heavy atom. The van der Waals surface area contributed by atoms with Gasteiger partial charge < -0.3 is 25.4 Å². The summed E-state index contributed by atoms with van der Waals surface area (Å²) >= 11 is 1.47. The molecule has 3 aromatic rings. The van der Waals surface area contributed by atoms with Crippen LogP contribution in [0.2, 0.25) is 0 Å². The Morgan fingerprint density at radius 1 is 0.863 bits per heavy atom. The molecule has 51 heavy (non-hydrogen) atoms. The molecule has 0 saturated carbocycles. The van der Waals surface area contributed by atoms with Crippen molar-refractivity contribution >= 4 is 47.1 Å². The van der Waals surface area contributed by atoms with E-state index in [0.29, 0.717) is 16.8 Å². The van der Waals surface area contributed by atoms with Gasteiger partial charge in [0.25, 0.3) is 5.91 Å². The minimum Gasteiger partial charge on any atom is -0.465 e. The molecule has 272 valence electrons.